The molecular formula is C28H19Br3N2O3. The van der Waals surface area contributed by atoms with Gasteiger partial charge >= 0.3 is 5.97 Å². The van der Waals surface area contributed by atoms with Crippen LogP contribution in [0.15, 0.2) is 100 Å². The van der Waals surface area contributed by atoms with Crippen LogP contribution in [0.25, 0.3) is 4.48 Å². The van der Waals surface area contributed by atoms with Crippen molar-refractivity contribution in [1.82, 2.24) is 4.90 Å². The Hall–Kier alpha value is -2.99. The van der Waals surface area contributed by atoms with Crippen LogP contribution in [0.2, 0.25) is 0 Å². The summed E-state index contributed by atoms with van der Waals surface area (Å²) in [6, 6.07) is 23.9. The molecule has 2 atom stereocenters. The van der Waals surface area contributed by atoms with Gasteiger partial charge in [-0.25, -0.2) is 4.79 Å². The molecule has 3 aromatic carbocycles. The van der Waals surface area contributed by atoms with Crippen LogP contribution in [-0.2, 0) is 15.1 Å². The highest BCUT2D eigenvalue weighted by atomic mass is 79.9. The number of benzene rings is 3. The highest BCUT2D eigenvalue weighted by Crippen LogP contribution is 2.52. The van der Waals surface area contributed by atoms with Crippen molar-refractivity contribution < 1.29 is 14.3 Å². The third-order valence-electron chi connectivity index (χ3n) is 6.12. The van der Waals surface area contributed by atoms with Crippen LogP contribution >= 0.6 is 47.8 Å². The first-order valence-corrected chi connectivity index (χ1v) is 13.1. The van der Waals surface area contributed by atoms with Gasteiger partial charge in [0.25, 0.3) is 5.91 Å². The van der Waals surface area contributed by atoms with E-state index in [1.54, 1.807) is 54.7 Å². The van der Waals surface area contributed by atoms with Crippen molar-refractivity contribution in [1.29, 1.82) is 5.26 Å². The number of halogens is 3. The molecule has 0 saturated heterocycles. The van der Waals surface area contributed by atoms with Crippen molar-refractivity contribution in [3.63, 3.8) is 0 Å². The molecule has 1 aliphatic rings. The van der Waals surface area contributed by atoms with Gasteiger partial charge in [-0.1, -0.05) is 74.8 Å². The number of carbonyl (C=O) groups is 2. The van der Waals surface area contributed by atoms with Crippen molar-refractivity contribution in [3.05, 3.63) is 122 Å². The first-order valence-electron chi connectivity index (χ1n) is 10.7. The SMILES string of the molecule is C=C(C(=O)OC)[C@@H](c1ccc(Br)cc1)[C@]1(C#N)c2ccccc2C(Br)=CN1C(=O)c1ccc(Br)cc1. The number of methoxy groups -OCH3 is 1. The summed E-state index contributed by atoms with van der Waals surface area (Å²) in [6.45, 7) is 4.05. The lowest BCUT2D eigenvalue weighted by molar-refractivity contribution is -0.136. The number of carbonyl (C=O) groups excluding carboxylic acids is 2. The van der Waals surface area contributed by atoms with Gasteiger partial charge in [0, 0.05) is 36.3 Å². The summed E-state index contributed by atoms with van der Waals surface area (Å²) in [7, 11) is 1.27. The third-order valence-corrected chi connectivity index (χ3v) is 7.80. The summed E-state index contributed by atoms with van der Waals surface area (Å²) in [6.07, 6.45) is 1.60. The van der Waals surface area contributed by atoms with Gasteiger partial charge in [-0.2, -0.15) is 5.26 Å². The highest BCUT2D eigenvalue weighted by molar-refractivity contribution is 9.15. The van der Waals surface area contributed by atoms with Crippen molar-refractivity contribution in [2.75, 3.05) is 7.11 Å². The van der Waals surface area contributed by atoms with E-state index in [9.17, 15) is 14.9 Å². The number of hydrogen-bond acceptors (Lipinski definition) is 4. The summed E-state index contributed by atoms with van der Waals surface area (Å²) >= 11 is 10.4. The monoisotopic (exact) mass is 668 g/mol. The summed E-state index contributed by atoms with van der Waals surface area (Å²) < 4.78 is 7.31. The Morgan fingerprint density at radius 1 is 0.972 bits per heavy atom. The lowest BCUT2D eigenvalue weighted by Gasteiger charge is -2.46. The van der Waals surface area contributed by atoms with Gasteiger partial charge in [-0.3, -0.25) is 9.69 Å². The predicted molar refractivity (Wildman–Crippen MR) is 149 cm³/mol. The second-order valence-corrected chi connectivity index (χ2v) is 10.8. The molecule has 1 aliphatic heterocycles. The van der Waals surface area contributed by atoms with Gasteiger partial charge in [-0.05, 0) is 63.5 Å². The van der Waals surface area contributed by atoms with Gasteiger partial charge in [-0.15, -0.1) is 0 Å². The molecule has 0 bridgehead atoms. The molecule has 5 nitrogen and oxygen atoms in total. The topological polar surface area (TPSA) is 70.4 Å². The molecule has 0 aromatic heterocycles. The molecule has 8 heteroatoms. The fourth-order valence-corrected chi connectivity index (χ4v) is 5.54. The van der Waals surface area contributed by atoms with E-state index in [0.717, 1.165) is 14.5 Å². The molecule has 0 N–H and O–H groups in total. The molecule has 3 aromatic rings. The molecular weight excluding hydrogens is 652 g/mol. The Kier molecular flexibility index (Phi) is 7.65. The molecule has 0 unspecified atom stereocenters. The van der Waals surface area contributed by atoms with Crippen LogP contribution in [0.1, 0.15) is 33.0 Å². The van der Waals surface area contributed by atoms with Gasteiger partial charge < -0.3 is 4.74 Å². The van der Waals surface area contributed by atoms with Crippen LogP contribution in [0.5, 0.6) is 0 Å². The van der Waals surface area contributed by atoms with E-state index in [1.807, 2.05) is 24.3 Å². The molecule has 4 rings (SSSR count). The zero-order valence-electron chi connectivity index (χ0n) is 19.0. The third kappa shape index (κ3) is 4.47. The number of amides is 1. The number of nitrogens with zero attached hydrogens (tertiary/aromatic N) is 2. The van der Waals surface area contributed by atoms with Crippen LogP contribution in [-0.4, -0.2) is 23.9 Å². The summed E-state index contributed by atoms with van der Waals surface area (Å²) in [4.78, 5) is 28.3. The molecule has 180 valence electrons. The maximum Gasteiger partial charge on any atom is 0.333 e. The van der Waals surface area contributed by atoms with E-state index in [-0.39, 0.29) is 5.57 Å². The molecule has 1 amide bonds. The summed E-state index contributed by atoms with van der Waals surface area (Å²) in [5.74, 6) is -2.02. The molecule has 1 heterocycles. The van der Waals surface area contributed by atoms with Crippen LogP contribution < -0.4 is 0 Å². The van der Waals surface area contributed by atoms with E-state index in [2.05, 4.69) is 60.4 Å². The highest BCUT2D eigenvalue weighted by Gasteiger charge is 2.54. The number of rotatable bonds is 5. The first kappa shape index (κ1) is 26.1. The van der Waals surface area contributed by atoms with E-state index in [4.69, 9.17) is 4.74 Å². The molecule has 0 spiro atoms. The fourth-order valence-electron chi connectivity index (χ4n) is 4.46. The van der Waals surface area contributed by atoms with Crippen molar-refractivity contribution in [2.45, 2.75) is 11.5 Å². The number of esters is 1. The van der Waals surface area contributed by atoms with Gasteiger partial charge in [0.05, 0.1) is 19.1 Å². The molecule has 0 fully saturated rings. The Labute approximate surface area is 234 Å². The number of nitriles is 1. The van der Waals surface area contributed by atoms with E-state index < -0.39 is 23.3 Å². The minimum Gasteiger partial charge on any atom is -0.466 e. The van der Waals surface area contributed by atoms with E-state index in [0.29, 0.717) is 21.2 Å². The minimum atomic E-state index is -1.66. The van der Waals surface area contributed by atoms with Crippen LogP contribution in [0.4, 0.5) is 0 Å². The quantitative estimate of drug-likeness (QED) is 0.211. The second-order valence-electron chi connectivity index (χ2n) is 8.08. The average molecular weight is 671 g/mol. The van der Waals surface area contributed by atoms with Gasteiger partial charge in [0.1, 0.15) is 0 Å². The van der Waals surface area contributed by atoms with Crippen LogP contribution in [0, 0.1) is 11.3 Å². The Morgan fingerprint density at radius 2 is 1.56 bits per heavy atom. The van der Waals surface area contributed by atoms with Crippen LogP contribution in [0.3, 0.4) is 0 Å². The van der Waals surface area contributed by atoms with E-state index in [1.165, 1.54) is 12.0 Å². The molecule has 0 saturated carbocycles. The van der Waals surface area contributed by atoms with Crippen molar-refractivity contribution in [2.24, 2.45) is 0 Å². The minimum absolute atomic E-state index is 0.0520. The number of ether oxygens (including phenoxy) is 1. The van der Waals surface area contributed by atoms with E-state index >= 15 is 0 Å². The lowest BCUT2D eigenvalue weighted by Crippen LogP contribution is -2.52. The summed E-state index contributed by atoms with van der Waals surface area (Å²) in [5.41, 5.74) is 0.703. The van der Waals surface area contributed by atoms with Crippen molar-refractivity contribution in [3.8, 4) is 6.07 Å². The molecule has 0 aliphatic carbocycles. The normalized spacial score (nSPS) is 17.3. The van der Waals surface area contributed by atoms with Gasteiger partial charge in [0.2, 0.25) is 0 Å². The second kappa shape index (κ2) is 10.6. The summed E-state index contributed by atoms with van der Waals surface area (Å²) in [5, 5.41) is 11.0. The maximum absolute atomic E-state index is 14.0. The predicted octanol–water partition coefficient (Wildman–Crippen LogP) is 7.29. The first-order chi connectivity index (χ1) is 17.2. The number of fused-ring (bicyclic) bond motifs is 1. The smallest absolute Gasteiger partial charge is 0.333 e. The Bertz CT molecular complexity index is 1430. The average Bonchev–Trinajstić information content (AvgIpc) is 2.90. The largest absolute Gasteiger partial charge is 0.466 e. The maximum atomic E-state index is 14.0. The zero-order chi connectivity index (χ0) is 26.0. The molecule has 36 heavy (non-hydrogen) atoms. The number of hydrogen-bond donors (Lipinski definition) is 0. The Balaban J connectivity index is 2.06. The van der Waals surface area contributed by atoms with Gasteiger partial charge in [0.15, 0.2) is 5.54 Å². The zero-order valence-corrected chi connectivity index (χ0v) is 23.8. The fraction of sp³-hybridized carbons (Fsp3) is 0.107. The standard InChI is InChI=1S/C28H19Br3N2O3/c1-17(27(35)36-2)25(18-7-11-20(29)12-8-18)28(16-32)23-6-4-3-5-22(23)24(31)15-33(28)26(34)19-9-13-21(30)14-10-19/h3-15,25H,1H2,2H3/t25-,28-/m0/s1. The lowest BCUT2D eigenvalue weighted by atomic mass is 9.68. The Morgan fingerprint density at radius 3 is 2.14 bits per heavy atom. The van der Waals surface area contributed by atoms with Crippen molar-refractivity contribution >= 4 is 64.1 Å². The molecule has 0 radical (unpaired) electrons.